The van der Waals surface area contributed by atoms with Crippen molar-refractivity contribution in [1.82, 2.24) is 5.32 Å². The molecule has 2 nitrogen and oxygen atoms in total. The van der Waals surface area contributed by atoms with Crippen LogP contribution in [0, 0.1) is 11.3 Å². The Morgan fingerprint density at radius 2 is 2.17 bits per heavy atom. The summed E-state index contributed by atoms with van der Waals surface area (Å²) in [6.07, 6.45) is 9.22. The molecule has 0 radical (unpaired) electrons. The summed E-state index contributed by atoms with van der Waals surface area (Å²) in [4.78, 5) is 0. The minimum Gasteiger partial charge on any atom is -0.377 e. The maximum absolute atomic E-state index is 7.37. The van der Waals surface area contributed by atoms with E-state index in [2.05, 4.69) is 5.32 Å². The summed E-state index contributed by atoms with van der Waals surface area (Å²) in [6.45, 7) is 0. The van der Waals surface area contributed by atoms with Crippen LogP contribution in [0.4, 0.5) is 0 Å². The molecule has 70 valence electrons. The van der Waals surface area contributed by atoms with Crippen LogP contribution in [-0.4, -0.2) is 12.9 Å². The molecule has 0 spiro atoms. The molecular weight excluding hydrogens is 148 g/mol. The maximum atomic E-state index is 7.37. The summed E-state index contributed by atoms with van der Waals surface area (Å²) < 4.78 is 0. The third-order valence-corrected chi connectivity index (χ3v) is 2.82. The highest BCUT2D eigenvalue weighted by molar-refractivity contribution is 5.78. The van der Waals surface area contributed by atoms with E-state index in [0.717, 1.165) is 12.3 Å². The zero-order valence-corrected chi connectivity index (χ0v) is 8.03. The number of amidine groups is 1. The Labute approximate surface area is 75.3 Å². The fraction of sp³-hybridized carbons (Fsp3) is 0.900. The van der Waals surface area contributed by atoms with Gasteiger partial charge in [-0.3, -0.25) is 5.41 Å². The van der Waals surface area contributed by atoms with E-state index in [1.807, 2.05) is 7.05 Å². The molecule has 1 fully saturated rings. The van der Waals surface area contributed by atoms with E-state index in [0.29, 0.717) is 5.84 Å². The van der Waals surface area contributed by atoms with Crippen LogP contribution in [0.5, 0.6) is 0 Å². The molecule has 0 unspecified atom stereocenters. The van der Waals surface area contributed by atoms with E-state index < -0.39 is 0 Å². The Balaban J connectivity index is 1.85. The first-order valence-electron chi connectivity index (χ1n) is 5.08. The van der Waals surface area contributed by atoms with E-state index >= 15 is 0 Å². The first-order chi connectivity index (χ1) is 5.83. The molecule has 0 aromatic heterocycles. The Morgan fingerprint density at radius 1 is 1.42 bits per heavy atom. The first-order valence-corrected chi connectivity index (χ1v) is 5.08. The van der Waals surface area contributed by atoms with E-state index in [4.69, 9.17) is 5.41 Å². The highest BCUT2D eigenvalue weighted by Crippen LogP contribution is 2.30. The van der Waals surface area contributed by atoms with E-state index in [1.165, 1.54) is 38.5 Å². The van der Waals surface area contributed by atoms with Crippen molar-refractivity contribution in [3.05, 3.63) is 0 Å². The monoisotopic (exact) mass is 168 g/mol. The van der Waals surface area contributed by atoms with Crippen molar-refractivity contribution in [2.24, 2.45) is 5.92 Å². The van der Waals surface area contributed by atoms with Crippen LogP contribution in [0.25, 0.3) is 0 Å². The third-order valence-electron chi connectivity index (χ3n) is 2.82. The molecule has 0 aliphatic heterocycles. The van der Waals surface area contributed by atoms with Crippen LogP contribution >= 0.6 is 0 Å². The average molecular weight is 168 g/mol. The van der Waals surface area contributed by atoms with Crippen molar-refractivity contribution in [2.75, 3.05) is 7.05 Å². The lowest BCUT2D eigenvalue weighted by molar-refractivity contribution is 0.288. The highest BCUT2D eigenvalue weighted by Gasteiger charge is 2.16. The van der Waals surface area contributed by atoms with Gasteiger partial charge in [-0.15, -0.1) is 0 Å². The van der Waals surface area contributed by atoms with Crippen LogP contribution in [0.1, 0.15) is 44.9 Å². The van der Waals surface area contributed by atoms with Gasteiger partial charge in [0.1, 0.15) is 0 Å². The van der Waals surface area contributed by atoms with Crippen molar-refractivity contribution in [2.45, 2.75) is 44.9 Å². The summed E-state index contributed by atoms with van der Waals surface area (Å²) in [5, 5.41) is 10.2. The molecule has 0 heterocycles. The van der Waals surface area contributed by atoms with Gasteiger partial charge in [-0.25, -0.2) is 0 Å². The van der Waals surface area contributed by atoms with Crippen LogP contribution in [0.2, 0.25) is 0 Å². The predicted octanol–water partition coefficient (Wildman–Crippen LogP) is 2.54. The average Bonchev–Trinajstić information content (AvgIpc) is 2.00. The predicted molar refractivity (Wildman–Crippen MR) is 52.6 cm³/mol. The largest absolute Gasteiger partial charge is 0.377 e. The third kappa shape index (κ3) is 3.24. The fourth-order valence-corrected chi connectivity index (χ4v) is 1.64. The zero-order valence-electron chi connectivity index (χ0n) is 8.03. The molecule has 0 saturated heterocycles. The molecule has 2 heteroatoms. The van der Waals surface area contributed by atoms with Crippen molar-refractivity contribution in [1.29, 1.82) is 5.41 Å². The van der Waals surface area contributed by atoms with Gasteiger partial charge in [0.25, 0.3) is 0 Å². The second-order valence-corrected chi connectivity index (χ2v) is 3.77. The van der Waals surface area contributed by atoms with Gasteiger partial charge < -0.3 is 5.32 Å². The number of unbranched alkanes of at least 4 members (excludes halogenated alkanes) is 1. The summed E-state index contributed by atoms with van der Waals surface area (Å²) in [7, 11) is 1.83. The van der Waals surface area contributed by atoms with Crippen LogP contribution in [0.15, 0.2) is 0 Å². The number of hydrogen-bond donors (Lipinski definition) is 2. The highest BCUT2D eigenvalue weighted by atomic mass is 14.9. The lowest BCUT2D eigenvalue weighted by atomic mass is 9.82. The number of nitrogens with one attached hydrogen (secondary N) is 2. The fourth-order valence-electron chi connectivity index (χ4n) is 1.64. The van der Waals surface area contributed by atoms with Gasteiger partial charge in [-0.2, -0.15) is 0 Å². The number of hydrogen-bond acceptors (Lipinski definition) is 1. The van der Waals surface area contributed by atoms with Crippen molar-refractivity contribution in [3.8, 4) is 0 Å². The first kappa shape index (κ1) is 9.56. The van der Waals surface area contributed by atoms with Crippen LogP contribution in [0.3, 0.4) is 0 Å². The summed E-state index contributed by atoms with van der Waals surface area (Å²) >= 11 is 0. The standard InChI is InChI=1S/C10H20N2/c1-12-10(11)8-3-2-5-9-6-4-7-9/h9H,2-8H2,1H3,(H2,11,12). The van der Waals surface area contributed by atoms with Gasteiger partial charge in [0.2, 0.25) is 0 Å². The minimum atomic E-state index is 0.684. The summed E-state index contributed by atoms with van der Waals surface area (Å²) in [5.74, 6) is 1.72. The molecule has 1 saturated carbocycles. The van der Waals surface area contributed by atoms with Gasteiger partial charge in [0, 0.05) is 13.5 Å². The van der Waals surface area contributed by atoms with Gasteiger partial charge in [0.15, 0.2) is 0 Å². The smallest absolute Gasteiger partial charge is 0.0928 e. The van der Waals surface area contributed by atoms with Crippen molar-refractivity contribution in [3.63, 3.8) is 0 Å². The Hall–Kier alpha value is -0.530. The molecule has 1 aliphatic rings. The molecule has 0 atom stereocenters. The summed E-state index contributed by atoms with van der Waals surface area (Å²) in [6, 6.07) is 0. The maximum Gasteiger partial charge on any atom is 0.0928 e. The molecule has 1 rings (SSSR count). The van der Waals surface area contributed by atoms with Gasteiger partial charge in [-0.1, -0.05) is 32.1 Å². The topological polar surface area (TPSA) is 35.9 Å². The lowest BCUT2D eigenvalue weighted by Crippen LogP contribution is -2.16. The molecule has 1 aliphatic carbocycles. The second-order valence-electron chi connectivity index (χ2n) is 3.77. The molecule has 0 aromatic rings. The summed E-state index contributed by atoms with van der Waals surface area (Å²) in [5.41, 5.74) is 0. The minimum absolute atomic E-state index is 0.684. The molecule has 0 aromatic carbocycles. The molecule has 0 amide bonds. The Morgan fingerprint density at radius 3 is 2.67 bits per heavy atom. The Bertz CT molecular complexity index is 139. The molecule has 12 heavy (non-hydrogen) atoms. The van der Waals surface area contributed by atoms with E-state index in [9.17, 15) is 0 Å². The molecular formula is C10H20N2. The van der Waals surface area contributed by atoms with E-state index in [1.54, 1.807) is 0 Å². The number of rotatable bonds is 5. The van der Waals surface area contributed by atoms with Gasteiger partial charge in [0.05, 0.1) is 5.84 Å². The van der Waals surface area contributed by atoms with Crippen molar-refractivity contribution >= 4 is 5.84 Å². The quantitative estimate of drug-likeness (QED) is 0.369. The van der Waals surface area contributed by atoms with Crippen molar-refractivity contribution < 1.29 is 0 Å². The molecule has 2 N–H and O–H groups in total. The van der Waals surface area contributed by atoms with Gasteiger partial charge >= 0.3 is 0 Å². The van der Waals surface area contributed by atoms with Crippen LogP contribution in [-0.2, 0) is 0 Å². The zero-order chi connectivity index (χ0) is 8.81. The second kappa shape index (κ2) is 5.18. The SMILES string of the molecule is CNC(=N)CCCCC1CCC1. The van der Waals surface area contributed by atoms with E-state index in [-0.39, 0.29) is 0 Å². The van der Waals surface area contributed by atoms with Crippen LogP contribution < -0.4 is 5.32 Å². The lowest BCUT2D eigenvalue weighted by Gasteiger charge is -2.24. The molecule has 0 bridgehead atoms. The Kier molecular flexibility index (Phi) is 4.12. The normalized spacial score (nSPS) is 17.1. The van der Waals surface area contributed by atoms with Gasteiger partial charge in [-0.05, 0) is 12.3 Å².